The Morgan fingerprint density at radius 2 is 1.08 bits per heavy atom. The quantitative estimate of drug-likeness (QED) is 0.150. The Kier molecular flexibility index (Phi) is 14.7. The molecule has 8 rings (SSSR count). The van der Waals surface area contributed by atoms with Crippen LogP contribution >= 0.6 is 15.9 Å². The minimum atomic E-state index is -3.10. The topological polar surface area (TPSA) is 211 Å². The van der Waals surface area contributed by atoms with Crippen molar-refractivity contribution >= 4 is 65.0 Å². The van der Waals surface area contributed by atoms with Crippen LogP contribution in [0.25, 0.3) is 23.0 Å². The summed E-state index contributed by atoms with van der Waals surface area (Å²) in [6.07, 6.45) is 5.80. The number of nitrogens with zero attached hydrogens (tertiary/aromatic N) is 11. The highest BCUT2D eigenvalue weighted by Crippen LogP contribution is 2.27. The molecule has 0 atom stereocenters. The van der Waals surface area contributed by atoms with Crippen LogP contribution in [-0.2, 0) is 31.2 Å². The van der Waals surface area contributed by atoms with E-state index in [0.717, 1.165) is 15.7 Å². The number of amides is 4. The fourth-order valence-electron chi connectivity index (χ4n) is 6.64. The molecule has 0 radical (unpaired) electrons. The maximum absolute atomic E-state index is 13.1. The molecule has 2 aliphatic rings. The Balaban J connectivity index is 0.000000176. The van der Waals surface area contributed by atoms with E-state index in [0.29, 0.717) is 66.4 Å². The van der Waals surface area contributed by atoms with E-state index in [9.17, 15) is 26.4 Å². The molecule has 0 bridgehead atoms. The number of nitrogens with one attached hydrogen (secondary N) is 1. The Morgan fingerprint density at radius 1 is 0.619 bits per heavy atom. The monoisotopic (exact) mass is 960 g/mol. The molecule has 2 saturated heterocycles. The fourth-order valence-corrected chi connectivity index (χ4v) is 8.50. The van der Waals surface area contributed by atoms with Gasteiger partial charge in [-0.15, -0.1) is 20.4 Å². The van der Waals surface area contributed by atoms with Gasteiger partial charge in [0.25, 0.3) is 0 Å². The third-order valence-corrected chi connectivity index (χ3v) is 11.9. The average Bonchev–Trinajstić information content (AvgIpc) is 4.06. The number of halogens is 1. The molecule has 21 heteroatoms. The van der Waals surface area contributed by atoms with Crippen LogP contribution in [0.5, 0.6) is 0 Å². The number of anilines is 3. The van der Waals surface area contributed by atoms with Crippen molar-refractivity contribution in [2.24, 2.45) is 0 Å². The second kappa shape index (κ2) is 20.0. The van der Waals surface area contributed by atoms with Gasteiger partial charge in [-0.05, 0) is 87.4 Å². The van der Waals surface area contributed by atoms with Crippen molar-refractivity contribution in [2.75, 3.05) is 53.4 Å². The molecule has 2 aliphatic heterocycles. The van der Waals surface area contributed by atoms with E-state index in [1.807, 2.05) is 65.4 Å². The third-order valence-electron chi connectivity index (χ3n) is 9.62. The summed E-state index contributed by atoms with van der Waals surface area (Å²) >= 11 is 3.28. The number of pyridine rings is 2. The van der Waals surface area contributed by atoms with Crippen LogP contribution in [0.4, 0.5) is 26.9 Å². The number of rotatable bonds is 11. The highest BCUT2D eigenvalue weighted by molar-refractivity contribution is 9.10. The summed E-state index contributed by atoms with van der Waals surface area (Å²) in [6.45, 7) is 10.5. The molecule has 6 heterocycles. The average molecular weight is 962 g/mol. The molecule has 2 fully saturated rings. The van der Waals surface area contributed by atoms with Crippen LogP contribution in [0.3, 0.4) is 0 Å². The number of sulfone groups is 2. The predicted molar refractivity (Wildman–Crippen MR) is 246 cm³/mol. The molecule has 0 unspecified atom stereocenters. The van der Waals surface area contributed by atoms with Crippen LogP contribution in [-0.4, -0.2) is 107 Å². The first-order valence-corrected chi connectivity index (χ1v) is 24.9. The standard InChI is InChI=1S/C21H24N6O3S.C13H16N6O.C8H9BrO2S/c1-15(2)27-14-22-24-20(27)18-5-4-6-19(23-18)26-12-11-25(21(26)28)17-9-7-16(8-10-17)13-31(3,29)30;1-9(2)19-8-15-17-12(19)10-4-3-5-11(16-10)18-7-6-14-13(18)20;1-12(10,11)6-7-2-4-8(9)5-3-7/h4-10,14-15H,11-13H2,1-3H3;3-5,8-9H,6-7H2,1-2H3,(H,14,20);2-5H,6H2,1H3. The predicted octanol–water partition coefficient (Wildman–Crippen LogP) is 6.36. The lowest BCUT2D eigenvalue weighted by atomic mass is 10.2. The molecular formula is C42H49BrN12O6S2. The molecule has 4 aromatic heterocycles. The third kappa shape index (κ3) is 12.3. The molecule has 18 nitrogen and oxygen atoms in total. The first kappa shape index (κ1) is 46.4. The van der Waals surface area contributed by atoms with Gasteiger partial charge in [0.2, 0.25) is 0 Å². The molecule has 4 amide bonds. The fraction of sp³-hybridized carbons (Fsp3) is 0.333. The summed E-state index contributed by atoms with van der Waals surface area (Å²) in [4.78, 5) is 38.9. The van der Waals surface area contributed by atoms with Crippen molar-refractivity contribution in [1.82, 2.24) is 44.8 Å². The van der Waals surface area contributed by atoms with Gasteiger partial charge in [0.15, 0.2) is 31.3 Å². The van der Waals surface area contributed by atoms with Crippen LogP contribution in [0.1, 0.15) is 50.9 Å². The largest absolute Gasteiger partial charge is 0.336 e. The summed E-state index contributed by atoms with van der Waals surface area (Å²) < 4.78 is 49.5. The van der Waals surface area contributed by atoms with Crippen LogP contribution in [0.2, 0.25) is 0 Å². The van der Waals surface area contributed by atoms with Crippen molar-refractivity contribution in [1.29, 1.82) is 0 Å². The van der Waals surface area contributed by atoms with E-state index < -0.39 is 19.7 Å². The number of carbonyl (C=O) groups is 2. The second-order valence-corrected chi connectivity index (χ2v) is 20.7. The summed E-state index contributed by atoms with van der Waals surface area (Å²) in [6, 6.07) is 25.5. The van der Waals surface area contributed by atoms with E-state index in [4.69, 9.17) is 0 Å². The van der Waals surface area contributed by atoms with Gasteiger partial charge in [0, 0.05) is 60.9 Å². The zero-order valence-corrected chi connectivity index (χ0v) is 38.9. The molecule has 0 saturated carbocycles. The van der Waals surface area contributed by atoms with Gasteiger partial charge in [-0.25, -0.2) is 36.4 Å². The van der Waals surface area contributed by atoms with Gasteiger partial charge in [-0.1, -0.05) is 52.3 Å². The van der Waals surface area contributed by atoms with Gasteiger partial charge in [0.05, 0.1) is 11.5 Å². The number of hydrogen-bond acceptors (Lipinski definition) is 12. The lowest BCUT2D eigenvalue weighted by Crippen LogP contribution is -2.32. The zero-order valence-electron chi connectivity index (χ0n) is 35.7. The first-order chi connectivity index (χ1) is 29.9. The number of hydrogen-bond donors (Lipinski definition) is 1. The summed E-state index contributed by atoms with van der Waals surface area (Å²) in [5, 5.41) is 19.0. The van der Waals surface area contributed by atoms with E-state index >= 15 is 0 Å². The zero-order chi connectivity index (χ0) is 45.5. The van der Waals surface area contributed by atoms with Gasteiger partial charge in [0.1, 0.15) is 35.7 Å². The van der Waals surface area contributed by atoms with Gasteiger partial charge in [-0.2, -0.15) is 0 Å². The minimum Gasteiger partial charge on any atom is -0.336 e. The van der Waals surface area contributed by atoms with Gasteiger partial charge >= 0.3 is 12.1 Å². The van der Waals surface area contributed by atoms with E-state index in [1.54, 1.807) is 69.8 Å². The number of carbonyl (C=O) groups excluding carboxylic acids is 2. The molecule has 0 spiro atoms. The smallest absolute Gasteiger partial charge is 0.330 e. The molecule has 1 N–H and O–H groups in total. The van der Waals surface area contributed by atoms with E-state index in [-0.39, 0.29) is 35.7 Å². The Labute approximate surface area is 375 Å². The van der Waals surface area contributed by atoms with Crippen LogP contribution in [0, 0.1) is 0 Å². The van der Waals surface area contributed by atoms with Crippen LogP contribution < -0.4 is 20.0 Å². The highest BCUT2D eigenvalue weighted by atomic mass is 79.9. The van der Waals surface area contributed by atoms with Crippen molar-refractivity contribution in [3.05, 3.63) is 113 Å². The minimum absolute atomic E-state index is 0.0228. The van der Waals surface area contributed by atoms with Crippen molar-refractivity contribution < 1.29 is 26.4 Å². The van der Waals surface area contributed by atoms with Crippen molar-refractivity contribution in [3.63, 3.8) is 0 Å². The summed E-state index contributed by atoms with van der Waals surface area (Å²) in [5.41, 5.74) is 3.60. The normalized spacial score (nSPS) is 14.1. The lowest BCUT2D eigenvalue weighted by Gasteiger charge is -2.19. The maximum atomic E-state index is 13.1. The number of urea groups is 2. The highest BCUT2D eigenvalue weighted by Gasteiger charge is 2.32. The van der Waals surface area contributed by atoms with Crippen molar-refractivity contribution in [2.45, 2.75) is 51.3 Å². The summed E-state index contributed by atoms with van der Waals surface area (Å²) in [5.74, 6) is 2.64. The van der Waals surface area contributed by atoms with Crippen molar-refractivity contribution in [3.8, 4) is 23.0 Å². The Hall–Kier alpha value is -6.06. The molecule has 63 heavy (non-hydrogen) atoms. The van der Waals surface area contributed by atoms with Gasteiger partial charge in [-0.3, -0.25) is 14.7 Å². The number of aromatic nitrogens is 8. The molecule has 0 aliphatic carbocycles. The molecular weight excluding hydrogens is 913 g/mol. The molecule has 2 aromatic carbocycles. The maximum Gasteiger partial charge on any atom is 0.330 e. The van der Waals surface area contributed by atoms with Gasteiger partial charge < -0.3 is 14.5 Å². The second-order valence-electron chi connectivity index (χ2n) is 15.5. The Morgan fingerprint density at radius 3 is 1.52 bits per heavy atom. The number of benzene rings is 2. The first-order valence-electron chi connectivity index (χ1n) is 19.9. The summed E-state index contributed by atoms with van der Waals surface area (Å²) in [7, 11) is -6.01. The van der Waals surface area contributed by atoms with E-state index in [1.165, 1.54) is 12.5 Å². The Bertz CT molecular complexity index is 2760. The lowest BCUT2D eigenvalue weighted by molar-refractivity contribution is 0.252. The SMILES string of the molecule is CC(C)n1cnnc1-c1cccc(N2CCN(c3ccc(CS(C)(=O)=O)cc3)C2=O)n1.CC(C)n1cnnc1-c1cccc(N2CCNC2=O)n1.CS(=O)(=O)Cc1ccc(Br)cc1. The van der Waals surface area contributed by atoms with E-state index in [2.05, 4.69) is 65.5 Å². The molecule has 6 aromatic rings. The molecule has 332 valence electrons. The van der Waals surface area contributed by atoms with Crippen LogP contribution in [0.15, 0.2) is 102 Å².